The number of hydrogen-bond acceptors (Lipinski definition) is 4. The molecule has 0 aliphatic carbocycles. The summed E-state index contributed by atoms with van der Waals surface area (Å²) >= 11 is 1.64. The molecule has 37 heavy (non-hydrogen) atoms. The fourth-order valence-corrected chi connectivity index (χ4v) is 5.82. The van der Waals surface area contributed by atoms with Crippen molar-refractivity contribution in [1.29, 1.82) is 0 Å². The number of imidazole rings is 1. The van der Waals surface area contributed by atoms with E-state index < -0.39 is 0 Å². The first-order valence-corrected chi connectivity index (χ1v) is 13.7. The summed E-state index contributed by atoms with van der Waals surface area (Å²) in [7, 11) is 0. The van der Waals surface area contributed by atoms with Crippen LogP contribution in [0.4, 0.5) is 0 Å². The Morgan fingerprint density at radius 2 is 1.92 bits per heavy atom. The summed E-state index contributed by atoms with van der Waals surface area (Å²) in [6.07, 6.45) is 8.62. The number of nitrogens with zero attached hydrogens (tertiary/aromatic N) is 3. The van der Waals surface area contributed by atoms with E-state index in [4.69, 9.17) is 9.72 Å². The standard InChI is InChI=1S/C31H29N3O2S/c35-30(15-12-23-7-2-1-3-8-23)33(20-28-11-6-18-36-28)17-16-27-22-37-31-32-29(21-34(27)31)26-14-13-24-9-4-5-10-25(24)19-26/h1-5,7-10,12-15,19,21-22,28H,6,11,16-18,20H2. The second kappa shape index (κ2) is 10.7. The van der Waals surface area contributed by atoms with Gasteiger partial charge in [0.25, 0.3) is 0 Å². The van der Waals surface area contributed by atoms with Crippen LogP contribution in [0, 0.1) is 0 Å². The SMILES string of the molecule is O=C(C=Cc1ccccc1)N(CCc1csc2nc(-c3ccc4ccccc4c3)cn12)CC1CCCO1. The molecule has 0 radical (unpaired) electrons. The Morgan fingerprint density at radius 3 is 2.76 bits per heavy atom. The van der Waals surface area contributed by atoms with Crippen LogP contribution in [0.3, 0.4) is 0 Å². The fourth-order valence-electron chi connectivity index (χ4n) is 4.91. The molecule has 0 N–H and O–H groups in total. The van der Waals surface area contributed by atoms with Gasteiger partial charge in [-0.25, -0.2) is 4.98 Å². The van der Waals surface area contributed by atoms with E-state index in [1.165, 1.54) is 10.8 Å². The Labute approximate surface area is 220 Å². The summed E-state index contributed by atoms with van der Waals surface area (Å²) in [4.78, 5) is 21.0. The predicted octanol–water partition coefficient (Wildman–Crippen LogP) is 6.48. The average Bonchev–Trinajstić information content (AvgIpc) is 3.69. The average molecular weight is 508 g/mol. The van der Waals surface area contributed by atoms with Crippen LogP contribution < -0.4 is 0 Å². The van der Waals surface area contributed by atoms with Crippen LogP contribution in [-0.2, 0) is 16.0 Å². The number of aromatic nitrogens is 2. The Kier molecular flexibility index (Phi) is 6.84. The van der Waals surface area contributed by atoms with E-state index in [0.717, 1.165) is 53.3 Å². The number of fused-ring (bicyclic) bond motifs is 2. The van der Waals surface area contributed by atoms with Crippen LogP contribution in [0.1, 0.15) is 24.1 Å². The summed E-state index contributed by atoms with van der Waals surface area (Å²) in [5.74, 6) is 0.0216. The summed E-state index contributed by atoms with van der Waals surface area (Å²) in [5.41, 5.74) is 4.27. The van der Waals surface area contributed by atoms with Gasteiger partial charge >= 0.3 is 0 Å². The molecule has 3 aromatic carbocycles. The minimum atomic E-state index is 0.0216. The Morgan fingerprint density at radius 1 is 1.08 bits per heavy atom. The van der Waals surface area contributed by atoms with Crippen molar-refractivity contribution in [3.8, 4) is 11.3 Å². The molecule has 5 aromatic rings. The molecule has 0 spiro atoms. The number of benzene rings is 3. The number of carbonyl (C=O) groups is 1. The molecular weight excluding hydrogens is 478 g/mol. The number of thiazole rings is 1. The Bertz CT molecular complexity index is 1550. The highest BCUT2D eigenvalue weighted by molar-refractivity contribution is 7.15. The van der Waals surface area contributed by atoms with E-state index in [1.54, 1.807) is 17.4 Å². The zero-order chi connectivity index (χ0) is 25.0. The first-order chi connectivity index (χ1) is 18.2. The van der Waals surface area contributed by atoms with Crippen LogP contribution in [0.5, 0.6) is 0 Å². The maximum Gasteiger partial charge on any atom is 0.246 e. The number of amides is 1. The molecule has 186 valence electrons. The molecule has 1 aliphatic rings. The fraction of sp³-hybridized carbons (Fsp3) is 0.226. The molecule has 1 saturated heterocycles. The van der Waals surface area contributed by atoms with Crippen molar-refractivity contribution in [3.05, 3.63) is 102 Å². The van der Waals surface area contributed by atoms with E-state index in [9.17, 15) is 4.79 Å². The molecule has 6 rings (SSSR count). The van der Waals surface area contributed by atoms with Gasteiger partial charge in [0, 0.05) is 55.0 Å². The molecule has 0 saturated carbocycles. The molecule has 1 unspecified atom stereocenters. The zero-order valence-corrected chi connectivity index (χ0v) is 21.4. The monoisotopic (exact) mass is 507 g/mol. The lowest BCUT2D eigenvalue weighted by Gasteiger charge is -2.24. The smallest absolute Gasteiger partial charge is 0.246 e. The number of hydrogen-bond donors (Lipinski definition) is 0. The van der Waals surface area contributed by atoms with Gasteiger partial charge in [-0.05, 0) is 41.3 Å². The number of rotatable bonds is 8. The quantitative estimate of drug-likeness (QED) is 0.226. The molecule has 0 bridgehead atoms. The van der Waals surface area contributed by atoms with Gasteiger partial charge in [-0.3, -0.25) is 9.20 Å². The highest BCUT2D eigenvalue weighted by atomic mass is 32.1. The first-order valence-electron chi connectivity index (χ1n) is 12.8. The lowest BCUT2D eigenvalue weighted by atomic mass is 10.1. The van der Waals surface area contributed by atoms with Crippen molar-refractivity contribution in [1.82, 2.24) is 14.3 Å². The third-order valence-electron chi connectivity index (χ3n) is 6.94. The maximum atomic E-state index is 13.2. The summed E-state index contributed by atoms with van der Waals surface area (Å²) in [5, 5.41) is 4.59. The molecule has 2 aromatic heterocycles. The van der Waals surface area contributed by atoms with Crippen LogP contribution in [0.25, 0.3) is 33.1 Å². The lowest BCUT2D eigenvalue weighted by Crippen LogP contribution is -2.37. The van der Waals surface area contributed by atoms with E-state index >= 15 is 0 Å². The minimum absolute atomic E-state index is 0.0216. The van der Waals surface area contributed by atoms with Gasteiger partial charge in [0.2, 0.25) is 5.91 Å². The Hall–Kier alpha value is -3.74. The van der Waals surface area contributed by atoms with Gasteiger partial charge in [-0.1, -0.05) is 66.7 Å². The molecular formula is C31H29N3O2S. The molecule has 3 heterocycles. The maximum absolute atomic E-state index is 13.2. The molecule has 1 atom stereocenters. The van der Waals surface area contributed by atoms with E-state index in [-0.39, 0.29) is 12.0 Å². The van der Waals surface area contributed by atoms with E-state index in [1.807, 2.05) is 41.3 Å². The number of carbonyl (C=O) groups excluding carboxylic acids is 1. The summed E-state index contributed by atoms with van der Waals surface area (Å²) in [6.45, 7) is 2.04. The molecule has 1 aliphatic heterocycles. The van der Waals surface area contributed by atoms with Gasteiger partial charge in [0.05, 0.1) is 11.8 Å². The van der Waals surface area contributed by atoms with Crippen molar-refractivity contribution < 1.29 is 9.53 Å². The topological polar surface area (TPSA) is 46.8 Å². The van der Waals surface area contributed by atoms with Crippen molar-refractivity contribution in [2.24, 2.45) is 0 Å². The van der Waals surface area contributed by atoms with Gasteiger partial charge < -0.3 is 9.64 Å². The molecule has 5 nitrogen and oxygen atoms in total. The van der Waals surface area contributed by atoms with Crippen LogP contribution in [0.15, 0.2) is 90.4 Å². The molecule has 1 amide bonds. The highest BCUT2D eigenvalue weighted by Gasteiger charge is 2.22. The van der Waals surface area contributed by atoms with Crippen LogP contribution in [0.2, 0.25) is 0 Å². The third kappa shape index (κ3) is 5.36. The number of ether oxygens (including phenoxy) is 1. The second-order valence-electron chi connectivity index (χ2n) is 9.48. The zero-order valence-electron chi connectivity index (χ0n) is 20.6. The Balaban J connectivity index is 1.20. The van der Waals surface area contributed by atoms with E-state index in [0.29, 0.717) is 13.1 Å². The van der Waals surface area contributed by atoms with Crippen molar-refractivity contribution in [3.63, 3.8) is 0 Å². The largest absolute Gasteiger partial charge is 0.376 e. The third-order valence-corrected chi connectivity index (χ3v) is 7.83. The highest BCUT2D eigenvalue weighted by Crippen LogP contribution is 2.27. The first kappa shape index (κ1) is 23.6. The van der Waals surface area contributed by atoms with Gasteiger partial charge in [-0.2, -0.15) is 0 Å². The second-order valence-corrected chi connectivity index (χ2v) is 10.3. The molecule has 1 fully saturated rings. The van der Waals surface area contributed by atoms with E-state index in [2.05, 4.69) is 58.4 Å². The summed E-state index contributed by atoms with van der Waals surface area (Å²) in [6, 6.07) is 24.8. The van der Waals surface area contributed by atoms with Crippen LogP contribution in [-0.4, -0.2) is 46.0 Å². The normalized spacial score (nSPS) is 15.7. The van der Waals surface area contributed by atoms with Gasteiger partial charge in [-0.15, -0.1) is 11.3 Å². The van der Waals surface area contributed by atoms with Crippen molar-refractivity contribution >= 4 is 39.1 Å². The summed E-state index contributed by atoms with van der Waals surface area (Å²) < 4.78 is 8.03. The predicted molar refractivity (Wildman–Crippen MR) is 151 cm³/mol. The van der Waals surface area contributed by atoms with Crippen molar-refractivity contribution in [2.45, 2.75) is 25.4 Å². The van der Waals surface area contributed by atoms with Gasteiger partial charge in [0.15, 0.2) is 4.96 Å². The minimum Gasteiger partial charge on any atom is -0.376 e. The lowest BCUT2D eigenvalue weighted by molar-refractivity contribution is -0.127. The van der Waals surface area contributed by atoms with Crippen molar-refractivity contribution in [2.75, 3.05) is 19.7 Å². The van der Waals surface area contributed by atoms with Crippen LogP contribution >= 0.6 is 11.3 Å². The molecule has 6 heteroatoms. The van der Waals surface area contributed by atoms with Gasteiger partial charge in [0.1, 0.15) is 0 Å².